The van der Waals surface area contributed by atoms with Gasteiger partial charge in [0, 0.05) is 108 Å². The van der Waals surface area contributed by atoms with Gasteiger partial charge in [-0.1, -0.05) is 134 Å². The minimum atomic E-state index is -0.237. The van der Waals surface area contributed by atoms with Crippen LogP contribution in [0.4, 0.5) is 8.78 Å². The van der Waals surface area contributed by atoms with E-state index < -0.39 is 0 Å². The van der Waals surface area contributed by atoms with Crippen LogP contribution in [-0.2, 0) is 69.9 Å². The summed E-state index contributed by atoms with van der Waals surface area (Å²) in [6, 6.07) is 71.1. The first-order chi connectivity index (χ1) is 39.8. The van der Waals surface area contributed by atoms with Crippen LogP contribution in [0.1, 0.15) is 77.8 Å². The second-order valence-corrected chi connectivity index (χ2v) is 19.3. The van der Waals surface area contributed by atoms with Crippen molar-refractivity contribution >= 4 is 33.2 Å². The molecule has 11 rings (SSSR count). The molecule has 4 heterocycles. The van der Waals surface area contributed by atoms with Crippen LogP contribution in [0.3, 0.4) is 0 Å². The number of carbonyl (C=O) groups excluding carboxylic acids is 2. The fourth-order valence-electron chi connectivity index (χ4n) is 8.32. The zero-order valence-electron chi connectivity index (χ0n) is 49.0. The van der Waals surface area contributed by atoms with Gasteiger partial charge in [0.25, 0.3) is 0 Å². The van der Waals surface area contributed by atoms with Gasteiger partial charge in [-0.15, -0.1) is 130 Å². The monoisotopic (exact) mass is 1730 g/mol. The molecular weight excluding hydrogens is 1650 g/mol. The first-order valence-corrected chi connectivity index (χ1v) is 26.6. The second-order valence-electron chi connectivity index (χ2n) is 19.3. The molecule has 7 aromatic carbocycles. The van der Waals surface area contributed by atoms with E-state index in [4.69, 9.17) is 10.2 Å². The fraction of sp³-hybridized carbons (Fsp3) is 0.158. The molecule has 0 amide bonds. The summed E-state index contributed by atoms with van der Waals surface area (Å²) in [6.07, 6.45) is 7.83. The molecule has 4 aromatic heterocycles. The van der Waals surface area contributed by atoms with Crippen molar-refractivity contribution in [3.63, 3.8) is 0 Å². The van der Waals surface area contributed by atoms with Crippen LogP contribution < -0.4 is 0 Å². The standard InChI is InChI=1S/C18H15FN.C18H14N.C16H11FN.C11H8N.2C5H8O2.3CH4.3Ir/c1-11-6-12(2)8-15(7-11)17-5-4-14-10-16(19)13(3)9-18(14)20-17;1-14-12-18(16-10-6-3-7-11-16)19-13-17(14)15-8-4-2-5-9-15;1-11-10-13(6-7-15(11)17)16-14-5-3-2-4-12(14)8-9-18-16;1-2-6-10(7-3-1)11-8-4-5-9-12-11;2*1-4(6)3-5(2)7;;;;;;/h4-7,9-10H,1-3H3;2-10,12-13H,1H3;2-5,7-10H,1H3;1-6,8-9H;2*3,6H,1-2H3;3*1H4;;;/q4*-1;;;;;;;;. The van der Waals surface area contributed by atoms with E-state index in [0.29, 0.717) is 11.1 Å². The number of aliphatic hydroxyl groups is 2. The molecule has 0 bridgehead atoms. The quantitative estimate of drug-likeness (QED) is 0.0918. The van der Waals surface area contributed by atoms with Crippen LogP contribution in [0.5, 0.6) is 0 Å². The number of halogens is 2. The average molecular weight is 1720 g/mol. The van der Waals surface area contributed by atoms with Crippen molar-refractivity contribution in [3.05, 3.63) is 288 Å². The Bertz CT molecular complexity index is 3900. The van der Waals surface area contributed by atoms with E-state index in [-0.39, 0.29) is 117 Å². The number of hydrogen-bond donors (Lipinski definition) is 2. The number of hydrogen-bond acceptors (Lipinski definition) is 8. The summed E-state index contributed by atoms with van der Waals surface area (Å²) >= 11 is 0. The molecule has 0 aliphatic heterocycles. The van der Waals surface area contributed by atoms with E-state index in [1.807, 2.05) is 141 Å². The number of benzene rings is 7. The number of carbonyl (C=O) groups is 2. The summed E-state index contributed by atoms with van der Waals surface area (Å²) in [5.74, 6) is -0.552. The Kier molecular flexibility index (Phi) is 37.4. The molecule has 2 N–H and O–H groups in total. The van der Waals surface area contributed by atoms with Gasteiger partial charge in [-0.3, -0.25) is 19.0 Å². The van der Waals surface area contributed by atoms with Gasteiger partial charge in [0.05, 0.1) is 17.0 Å². The first-order valence-electron chi connectivity index (χ1n) is 26.6. The third kappa shape index (κ3) is 26.2. The molecule has 11 aromatic rings. The Labute approximate surface area is 566 Å². The summed E-state index contributed by atoms with van der Waals surface area (Å²) in [6.45, 7) is 15.4. The summed E-state index contributed by atoms with van der Waals surface area (Å²) < 4.78 is 26.8. The van der Waals surface area contributed by atoms with E-state index >= 15 is 0 Å². The Morgan fingerprint density at radius 1 is 0.483 bits per heavy atom. The number of rotatable bonds is 7. The molecule has 0 atom stereocenters. The van der Waals surface area contributed by atoms with Gasteiger partial charge in [-0.05, 0) is 116 Å². The number of pyridine rings is 4. The van der Waals surface area contributed by atoms with Gasteiger partial charge in [-0.2, -0.15) is 0 Å². The summed E-state index contributed by atoms with van der Waals surface area (Å²) in [5.41, 5.74) is 15.5. The minimum absolute atomic E-state index is 0. The van der Waals surface area contributed by atoms with Gasteiger partial charge in [-0.25, -0.2) is 4.39 Å². The predicted molar refractivity (Wildman–Crippen MR) is 352 cm³/mol. The van der Waals surface area contributed by atoms with Gasteiger partial charge >= 0.3 is 0 Å². The van der Waals surface area contributed by atoms with Gasteiger partial charge in [0.2, 0.25) is 0 Å². The number of aliphatic hydroxyl groups excluding tert-OH is 2. The molecule has 0 aliphatic rings. The first kappa shape index (κ1) is 80.9. The van der Waals surface area contributed by atoms with E-state index in [0.717, 1.165) is 72.3 Å². The molecule has 469 valence electrons. The zero-order valence-corrected chi connectivity index (χ0v) is 56.1. The van der Waals surface area contributed by atoms with Crippen LogP contribution in [0.25, 0.3) is 77.8 Å². The largest absolute Gasteiger partial charge is 0.512 e. The van der Waals surface area contributed by atoms with Crippen LogP contribution in [0.2, 0.25) is 0 Å². The Morgan fingerprint density at radius 3 is 1.61 bits per heavy atom. The van der Waals surface area contributed by atoms with Crippen molar-refractivity contribution in [2.24, 2.45) is 0 Å². The normalized spacial score (nSPS) is 9.97. The topological polar surface area (TPSA) is 126 Å². The van der Waals surface area contributed by atoms with Crippen LogP contribution >= 0.6 is 0 Å². The zero-order chi connectivity index (χ0) is 59.8. The van der Waals surface area contributed by atoms with E-state index in [2.05, 4.69) is 88.4 Å². The Hall–Kier alpha value is -8.11. The molecule has 0 fully saturated rings. The SMILES string of the molecule is C.C.C.CC(=O)C=C(C)O.CC(=O)C=C(C)O.Cc1[c-]c(-c2ccc3cc(F)c(C)cc3n2)cc(C)c1.Cc1cc(-c2[c-]cccc2)ncc1-c1ccccc1.Cc1cc(-c2nccc3ccccc23)[c-]cc1F.[Ir].[Ir].[Ir].[c-]1ccccc1-c1ccccn1. The number of ketones is 2. The van der Waals surface area contributed by atoms with Crippen molar-refractivity contribution in [1.82, 2.24) is 19.9 Å². The number of aryl methyl sites for hydroxylation is 5. The maximum Gasteiger partial charge on any atom is 0.155 e. The predicted octanol–water partition coefficient (Wildman–Crippen LogP) is 20.0. The fourth-order valence-corrected chi connectivity index (χ4v) is 8.32. The number of allylic oxidation sites excluding steroid dienone is 4. The number of aromatic nitrogens is 4. The summed E-state index contributed by atoms with van der Waals surface area (Å²) in [4.78, 5) is 37.8. The van der Waals surface area contributed by atoms with Gasteiger partial charge in [0.15, 0.2) is 11.6 Å². The van der Waals surface area contributed by atoms with E-state index in [1.54, 1.807) is 38.4 Å². The van der Waals surface area contributed by atoms with Crippen molar-refractivity contribution in [2.75, 3.05) is 0 Å². The molecule has 0 saturated carbocycles. The summed E-state index contributed by atoms with van der Waals surface area (Å²) in [5, 5.41) is 19.7. The van der Waals surface area contributed by atoms with Crippen molar-refractivity contribution in [1.29, 1.82) is 0 Å². The van der Waals surface area contributed by atoms with Gasteiger partial charge < -0.3 is 25.2 Å². The van der Waals surface area contributed by atoms with Crippen molar-refractivity contribution in [2.45, 2.75) is 84.6 Å². The molecule has 0 spiro atoms. The Balaban J connectivity index is 0.00000107. The maximum atomic E-state index is 13.5. The smallest absolute Gasteiger partial charge is 0.155 e. The molecule has 89 heavy (non-hydrogen) atoms. The molecular formula is C76H76F2Ir3N4O4-4. The third-order valence-corrected chi connectivity index (χ3v) is 12.1. The molecule has 13 heteroatoms. The Morgan fingerprint density at radius 2 is 1.07 bits per heavy atom. The van der Waals surface area contributed by atoms with Crippen LogP contribution in [0.15, 0.2) is 224 Å². The van der Waals surface area contributed by atoms with E-state index in [1.165, 1.54) is 74.2 Å². The van der Waals surface area contributed by atoms with Gasteiger partial charge in [0.1, 0.15) is 5.82 Å². The molecule has 0 unspecified atom stereocenters. The van der Waals surface area contributed by atoms with Crippen LogP contribution in [0, 0.1) is 70.5 Å². The van der Waals surface area contributed by atoms with E-state index in [9.17, 15) is 18.4 Å². The van der Waals surface area contributed by atoms with Crippen molar-refractivity contribution < 1.29 is 88.9 Å². The summed E-state index contributed by atoms with van der Waals surface area (Å²) in [7, 11) is 0. The third-order valence-electron chi connectivity index (χ3n) is 12.1. The molecule has 0 saturated heterocycles. The molecule has 3 radical (unpaired) electrons. The van der Waals surface area contributed by atoms with Crippen LogP contribution in [-0.4, -0.2) is 41.7 Å². The van der Waals surface area contributed by atoms with Crippen molar-refractivity contribution in [3.8, 4) is 56.2 Å². The number of fused-ring (bicyclic) bond motifs is 2. The number of nitrogens with zero attached hydrogens (tertiary/aromatic N) is 4. The molecule has 8 nitrogen and oxygen atoms in total. The minimum Gasteiger partial charge on any atom is -0.512 e. The molecule has 0 aliphatic carbocycles. The average Bonchev–Trinajstić information content (AvgIpc) is 3.46. The maximum absolute atomic E-state index is 13.5. The second kappa shape index (κ2) is 41.2.